The second kappa shape index (κ2) is 9.03. The molecule has 0 fully saturated rings. The van der Waals surface area contributed by atoms with Crippen molar-refractivity contribution in [1.82, 2.24) is 0 Å². The zero-order valence-corrected chi connectivity index (χ0v) is 10.6. The molecule has 1 nitrogen and oxygen atoms in total. The fourth-order valence-corrected chi connectivity index (χ4v) is 0.144. The summed E-state index contributed by atoms with van der Waals surface area (Å²) in [6, 6.07) is 0. The van der Waals surface area contributed by atoms with E-state index in [1.165, 1.54) is 0 Å². The second-order valence-electron chi connectivity index (χ2n) is 0.908. The Morgan fingerprint density at radius 3 is 2.17 bits per heavy atom. The molecular formula is C4H9ORf-. The van der Waals surface area contributed by atoms with E-state index in [1.807, 2.05) is 6.92 Å². The summed E-state index contributed by atoms with van der Waals surface area (Å²) in [5.74, 6) is 0. The molecule has 34 valence electrons. The van der Waals surface area contributed by atoms with Gasteiger partial charge in [-0.1, -0.05) is 6.92 Å². The summed E-state index contributed by atoms with van der Waals surface area (Å²) < 4.78 is 4.44. The van der Waals surface area contributed by atoms with Gasteiger partial charge in [0.15, 0.2) is 0 Å². The van der Waals surface area contributed by atoms with Crippen molar-refractivity contribution in [2.45, 2.75) is 13.3 Å². The Hall–Kier alpha value is -1.04. The average molecular weight is 340 g/mol. The maximum Gasteiger partial charge on any atom is 0.0107 e. The summed E-state index contributed by atoms with van der Waals surface area (Å²) in [6.07, 6.45) is 1.06. The molecule has 6 heavy (non-hydrogen) atoms. The summed E-state index contributed by atoms with van der Waals surface area (Å²) in [6.45, 7) is 2.82. The van der Waals surface area contributed by atoms with E-state index in [9.17, 15) is 0 Å². The van der Waals surface area contributed by atoms with Gasteiger partial charge >= 0.3 is 0 Å². The van der Waals surface area contributed by atoms with Gasteiger partial charge in [0.2, 0.25) is 0 Å². The Morgan fingerprint density at radius 2 is 2.17 bits per heavy atom. The topological polar surface area (TPSA) is 9.23 Å². The number of rotatable bonds is 2. The van der Waals surface area contributed by atoms with E-state index in [0.29, 0.717) is 0 Å². The Kier molecular flexibility index (Phi) is 13.4. The standard InChI is InChI=1S/C4H9O.Rf/c1-3-4-5-2;/h2-4H2,1H3;/q-1;. The van der Waals surface area contributed by atoms with Crippen molar-refractivity contribution in [3.8, 4) is 0 Å². The van der Waals surface area contributed by atoms with Crippen LogP contribution < -0.4 is 0 Å². The predicted molar refractivity (Wildman–Crippen MR) is 21.6 cm³/mol. The SMILES string of the molecule is [CH2-]OCCC.[Rf]. The van der Waals surface area contributed by atoms with Crippen LogP contribution in [0.15, 0.2) is 0 Å². The molecule has 0 N–H and O–H groups in total. The van der Waals surface area contributed by atoms with Crippen molar-refractivity contribution < 1.29 is 4.74 Å². The largest absolute Gasteiger partial charge is 0.555 e. The Labute approximate surface area is 32.9 Å². The van der Waals surface area contributed by atoms with Crippen molar-refractivity contribution in [1.29, 1.82) is 0 Å². The van der Waals surface area contributed by atoms with Crippen molar-refractivity contribution in [2.75, 3.05) is 6.61 Å². The van der Waals surface area contributed by atoms with E-state index >= 15 is 0 Å². The molecule has 0 rings (SSSR count). The van der Waals surface area contributed by atoms with Crippen molar-refractivity contribution >= 4 is 0 Å². The van der Waals surface area contributed by atoms with Crippen LogP contribution in [0.5, 0.6) is 0 Å². The summed E-state index contributed by atoms with van der Waals surface area (Å²) in [7, 11) is 3.18. The third kappa shape index (κ3) is 12.3. The normalized spacial score (nSPS) is 7.00. The summed E-state index contributed by atoms with van der Waals surface area (Å²) >= 11 is 0. The Bertz CT molecular complexity index is 15.0. The van der Waals surface area contributed by atoms with Crippen LogP contribution in [-0.4, -0.2) is 6.61 Å². The molecule has 0 aromatic carbocycles. The van der Waals surface area contributed by atoms with Gasteiger partial charge in [0.1, 0.15) is 0 Å². The van der Waals surface area contributed by atoms with Gasteiger partial charge in [0, 0.05) is 6.61 Å². The molecule has 0 atom stereocenters. The van der Waals surface area contributed by atoms with Gasteiger partial charge in [0.25, 0.3) is 0 Å². The first kappa shape index (κ1) is 8.88. The first-order chi connectivity index (χ1) is 2.41. The maximum atomic E-state index is 4.44. The molecule has 0 aliphatic rings. The quantitative estimate of drug-likeness (QED) is 0.687. The third-order valence-corrected chi connectivity index (χ3v) is 0.348. The molecule has 0 aromatic heterocycles. The molecular weight excluding hydrogens is 331 g/mol. The number of ether oxygens (including phenoxy) is 1. The molecule has 0 aromatic rings. The smallest absolute Gasteiger partial charge is 0.0107 e. The minimum absolute atomic E-state index is 0. The predicted octanol–water partition coefficient (Wildman–Crippen LogP) is 1.20. The maximum absolute atomic E-state index is 4.44. The van der Waals surface area contributed by atoms with Crippen LogP contribution in [0.2, 0.25) is 0 Å². The van der Waals surface area contributed by atoms with Gasteiger partial charge in [-0.25, -0.2) is 7.11 Å². The second-order valence-corrected chi connectivity index (χ2v) is 0.908. The first-order valence-electron chi connectivity index (χ1n) is 1.78. The van der Waals surface area contributed by atoms with Crippen LogP contribution in [0.25, 0.3) is 0 Å². The van der Waals surface area contributed by atoms with E-state index in [0.717, 1.165) is 13.0 Å². The molecule has 0 radical (unpaired) electrons. The molecule has 0 unspecified atom stereocenters. The molecule has 0 spiro atoms. The van der Waals surface area contributed by atoms with Gasteiger partial charge in [-0.3, -0.25) is 0 Å². The summed E-state index contributed by atoms with van der Waals surface area (Å²) in [4.78, 5) is 0. The number of hydrogen-bond acceptors (Lipinski definition) is 1. The van der Waals surface area contributed by atoms with Crippen molar-refractivity contribution in [3.05, 3.63) is 7.11 Å². The zero-order valence-electron chi connectivity index (χ0n) is 4.24. The van der Waals surface area contributed by atoms with Crippen LogP contribution in [0.4, 0.5) is 0 Å². The van der Waals surface area contributed by atoms with Crippen molar-refractivity contribution in [2.24, 2.45) is 0 Å². The Morgan fingerprint density at radius 1 is 1.67 bits per heavy atom. The molecule has 0 heterocycles. The minimum Gasteiger partial charge on any atom is -0.555 e. The first-order valence-corrected chi connectivity index (χ1v) is 1.78. The molecule has 0 bridgehead atoms. The van der Waals surface area contributed by atoms with Crippen LogP contribution in [-0.2, 0) is 4.74 Å². The van der Waals surface area contributed by atoms with E-state index in [2.05, 4.69) is 11.8 Å². The number of hydrogen-bond donors (Lipinski definition) is 0. The molecule has 2 heteroatoms. The fraction of sp³-hybridized carbons (Fsp3) is 0.750. The molecule has 0 aliphatic carbocycles. The third-order valence-electron chi connectivity index (χ3n) is 0.348. The molecule has 0 amide bonds. The van der Waals surface area contributed by atoms with E-state index in [1.54, 1.807) is 0 Å². The average Bonchev–Trinajstić information content (AvgIpc) is 1.41. The van der Waals surface area contributed by atoms with E-state index < -0.39 is 0 Å². The van der Waals surface area contributed by atoms with Crippen LogP contribution in [0.3, 0.4) is 0 Å². The monoisotopic (exact) mass is 340 g/mol. The van der Waals surface area contributed by atoms with E-state index in [-0.39, 0.29) is 0 Å². The van der Waals surface area contributed by atoms with Gasteiger partial charge in [0.05, 0.1) is 0 Å². The van der Waals surface area contributed by atoms with Gasteiger partial charge < -0.3 is 4.74 Å². The van der Waals surface area contributed by atoms with Gasteiger partial charge in [-0.05, 0) is 6.42 Å². The Balaban J connectivity index is 0. The summed E-state index contributed by atoms with van der Waals surface area (Å²) in [5.41, 5.74) is 0. The zero-order chi connectivity index (χ0) is 4.12. The van der Waals surface area contributed by atoms with Gasteiger partial charge in [-0.2, -0.15) is 0 Å². The van der Waals surface area contributed by atoms with Crippen molar-refractivity contribution in [3.63, 3.8) is 0 Å². The molecule has 0 saturated carbocycles. The van der Waals surface area contributed by atoms with Gasteiger partial charge in [-0.15, -0.1) is 0 Å². The van der Waals surface area contributed by atoms with E-state index in [4.69, 9.17) is 0 Å². The minimum atomic E-state index is 0. The fourth-order valence-electron chi connectivity index (χ4n) is 0.144. The molecule has 0 aliphatic heterocycles. The van der Waals surface area contributed by atoms with Crippen LogP contribution >= 0.6 is 0 Å². The van der Waals surface area contributed by atoms with Crippen LogP contribution in [0, 0.1) is 7.11 Å². The summed E-state index contributed by atoms with van der Waals surface area (Å²) in [5, 5.41) is 0. The molecule has 0 saturated heterocycles. The van der Waals surface area contributed by atoms with Crippen LogP contribution in [0.1, 0.15) is 13.3 Å².